The monoisotopic (exact) mass is 312 g/mol. The smallest absolute Gasteiger partial charge is 0.128 e. The Morgan fingerprint density at radius 3 is 2.60 bits per heavy atom. The van der Waals surface area contributed by atoms with Gasteiger partial charge in [-0.05, 0) is 29.8 Å². The summed E-state index contributed by atoms with van der Waals surface area (Å²) in [6.45, 7) is 1.15. The molecule has 0 unspecified atom stereocenters. The van der Waals surface area contributed by atoms with Crippen molar-refractivity contribution in [1.29, 1.82) is 0 Å². The molecule has 0 aliphatic carbocycles. The second kappa shape index (κ2) is 6.95. The van der Waals surface area contributed by atoms with Gasteiger partial charge in [-0.3, -0.25) is 0 Å². The standard InChI is InChI=1S/C15H15Cl2NO2/c16-12-5-4-11(14(17)7-12)8-18-9-15(20)10-2-1-3-13(19)6-10/h1-7,15,18-20H,8-9H2/p+1/t15-/m0/s1. The Bertz CT molecular complexity index is 590. The molecule has 2 rings (SSSR count). The lowest BCUT2D eigenvalue weighted by molar-refractivity contribution is -0.677. The number of aliphatic hydroxyl groups excluding tert-OH is 1. The van der Waals surface area contributed by atoms with Gasteiger partial charge in [0.1, 0.15) is 24.9 Å². The molecule has 20 heavy (non-hydrogen) atoms. The Labute approximate surface area is 127 Å². The molecular weight excluding hydrogens is 297 g/mol. The van der Waals surface area contributed by atoms with E-state index >= 15 is 0 Å². The molecule has 5 heteroatoms. The predicted octanol–water partition coefficient (Wildman–Crippen LogP) is 2.50. The van der Waals surface area contributed by atoms with Crippen LogP contribution in [0.15, 0.2) is 42.5 Å². The summed E-state index contributed by atoms with van der Waals surface area (Å²) in [6, 6.07) is 12.0. The zero-order chi connectivity index (χ0) is 14.5. The van der Waals surface area contributed by atoms with E-state index in [1.165, 1.54) is 0 Å². The van der Waals surface area contributed by atoms with Gasteiger partial charge >= 0.3 is 0 Å². The molecule has 2 aromatic carbocycles. The van der Waals surface area contributed by atoms with Crippen LogP contribution in [0.5, 0.6) is 5.75 Å². The first-order valence-corrected chi connectivity index (χ1v) is 7.04. The van der Waals surface area contributed by atoms with Crippen molar-refractivity contribution in [2.45, 2.75) is 12.6 Å². The van der Waals surface area contributed by atoms with E-state index in [9.17, 15) is 10.2 Å². The topological polar surface area (TPSA) is 57.1 Å². The number of benzene rings is 2. The minimum atomic E-state index is -0.631. The number of halogens is 2. The highest BCUT2D eigenvalue weighted by Crippen LogP contribution is 2.20. The molecule has 3 nitrogen and oxygen atoms in total. The number of phenols is 1. The van der Waals surface area contributed by atoms with Gasteiger partial charge in [-0.15, -0.1) is 0 Å². The van der Waals surface area contributed by atoms with Gasteiger partial charge in [0.15, 0.2) is 0 Å². The number of nitrogens with two attached hydrogens (primary N) is 1. The number of rotatable bonds is 5. The van der Waals surface area contributed by atoms with Crippen LogP contribution in [0.3, 0.4) is 0 Å². The van der Waals surface area contributed by atoms with Crippen LogP contribution in [0.2, 0.25) is 10.0 Å². The second-order valence-electron chi connectivity index (χ2n) is 4.58. The minimum Gasteiger partial charge on any atom is -0.508 e. The van der Waals surface area contributed by atoms with E-state index in [0.717, 1.165) is 5.56 Å². The van der Waals surface area contributed by atoms with Crippen molar-refractivity contribution in [1.82, 2.24) is 0 Å². The van der Waals surface area contributed by atoms with Gasteiger partial charge in [0.25, 0.3) is 0 Å². The Kier molecular flexibility index (Phi) is 5.26. The normalized spacial score (nSPS) is 12.3. The molecular formula is C15H16Cl2NO2+. The van der Waals surface area contributed by atoms with Crippen LogP contribution in [0, 0.1) is 0 Å². The highest BCUT2D eigenvalue weighted by Gasteiger charge is 2.11. The molecule has 0 aliphatic heterocycles. The summed E-state index contributed by atoms with van der Waals surface area (Å²) in [6.07, 6.45) is -0.631. The molecule has 0 spiro atoms. The lowest BCUT2D eigenvalue weighted by atomic mass is 10.1. The van der Waals surface area contributed by atoms with E-state index in [1.807, 2.05) is 11.4 Å². The van der Waals surface area contributed by atoms with Crippen molar-refractivity contribution in [2.75, 3.05) is 6.54 Å². The van der Waals surface area contributed by atoms with Gasteiger partial charge < -0.3 is 15.5 Å². The maximum absolute atomic E-state index is 10.0. The average molecular weight is 313 g/mol. The third kappa shape index (κ3) is 4.12. The summed E-state index contributed by atoms with van der Waals surface area (Å²) in [4.78, 5) is 0. The van der Waals surface area contributed by atoms with E-state index in [2.05, 4.69) is 0 Å². The third-order valence-corrected chi connectivity index (χ3v) is 3.61. The lowest BCUT2D eigenvalue weighted by Gasteiger charge is -2.11. The Balaban J connectivity index is 1.89. The fourth-order valence-corrected chi connectivity index (χ4v) is 2.44. The third-order valence-electron chi connectivity index (χ3n) is 3.02. The number of phenolic OH excluding ortho intramolecular Hbond substituents is 1. The molecule has 0 saturated carbocycles. The largest absolute Gasteiger partial charge is 0.508 e. The Hall–Kier alpha value is -1.26. The van der Waals surface area contributed by atoms with Crippen molar-refractivity contribution in [3.05, 3.63) is 63.6 Å². The number of aromatic hydroxyl groups is 1. The van der Waals surface area contributed by atoms with Crippen molar-refractivity contribution in [3.8, 4) is 5.75 Å². The molecule has 0 bridgehead atoms. The lowest BCUT2D eigenvalue weighted by Crippen LogP contribution is -2.83. The van der Waals surface area contributed by atoms with E-state index < -0.39 is 6.10 Å². The summed E-state index contributed by atoms with van der Waals surface area (Å²) in [5.74, 6) is 0.155. The fourth-order valence-electron chi connectivity index (χ4n) is 1.95. The van der Waals surface area contributed by atoms with Crippen molar-refractivity contribution in [3.63, 3.8) is 0 Å². The van der Waals surface area contributed by atoms with Gasteiger partial charge in [-0.2, -0.15) is 0 Å². The van der Waals surface area contributed by atoms with Gasteiger partial charge in [0.05, 0.1) is 5.02 Å². The fraction of sp³-hybridized carbons (Fsp3) is 0.200. The first-order chi connectivity index (χ1) is 9.56. The summed E-state index contributed by atoms with van der Waals surface area (Å²) in [5, 5.41) is 22.6. The Morgan fingerprint density at radius 2 is 1.90 bits per heavy atom. The van der Waals surface area contributed by atoms with Crippen LogP contribution in [0.4, 0.5) is 0 Å². The average Bonchev–Trinajstić information content (AvgIpc) is 2.41. The van der Waals surface area contributed by atoms with Gasteiger partial charge in [-0.1, -0.05) is 41.4 Å². The molecule has 0 radical (unpaired) electrons. The molecule has 0 saturated heterocycles. The van der Waals surface area contributed by atoms with Crippen LogP contribution in [-0.2, 0) is 6.54 Å². The molecule has 0 heterocycles. The molecule has 1 atom stereocenters. The van der Waals surface area contributed by atoms with Crippen molar-refractivity contribution in [2.24, 2.45) is 0 Å². The van der Waals surface area contributed by atoms with Crippen LogP contribution >= 0.6 is 23.2 Å². The Morgan fingerprint density at radius 1 is 1.10 bits per heavy atom. The number of hydrogen-bond donors (Lipinski definition) is 3. The summed E-state index contributed by atoms with van der Waals surface area (Å²) in [5.41, 5.74) is 1.67. The van der Waals surface area contributed by atoms with Crippen LogP contribution in [0.1, 0.15) is 17.2 Å². The molecule has 4 N–H and O–H groups in total. The quantitative estimate of drug-likeness (QED) is 0.794. The minimum absolute atomic E-state index is 0.155. The maximum atomic E-state index is 10.0. The first kappa shape index (κ1) is 15.1. The van der Waals surface area contributed by atoms with Crippen molar-refractivity contribution >= 4 is 23.2 Å². The molecule has 2 aromatic rings. The summed E-state index contributed by atoms with van der Waals surface area (Å²) < 4.78 is 0. The zero-order valence-corrected chi connectivity index (χ0v) is 12.3. The van der Waals surface area contributed by atoms with Gasteiger partial charge in [-0.25, -0.2) is 0 Å². The summed E-state index contributed by atoms with van der Waals surface area (Å²) >= 11 is 11.9. The van der Waals surface area contributed by atoms with Crippen LogP contribution in [0.25, 0.3) is 0 Å². The first-order valence-electron chi connectivity index (χ1n) is 6.29. The van der Waals surface area contributed by atoms with E-state index in [0.29, 0.717) is 28.7 Å². The van der Waals surface area contributed by atoms with Gasteiger partial charge in [0, 0.05) is 10.6 Å². The SMILES string of the molecule is Oc1cccc([C@@H](O)C[NH2+]Cc2ccc(Cl)cc2Cl)c1. The number of hydrogen-bond acceptors (Lipinski definition) is 2. The van der Waals surface area contributed by atoms with Crippen LogP contribution < -0.4 is 5.32 Å². The van der Waals surface area contributed by atoms with E-state index in [4.69, 9.17) is 23.2 Å². The molecule has 0 aliphatic rings. The molecule has 106 valence electrons. The van der Waals surface area contributed by atoms with Gasteiger partial charge in [0.2, 0.25) is 0 Å². The van der Waals surface area contributed by atoms with Crippen LogP contribution in [-0.4, -0.2) is 16.8 Å². The maximum Gasteiger partial charge on any atom is 0.128 e. The van der Waals surface area contributed by atoms with Crippen molar-refractivity contribution < 1.29 is 15.5 Å². The van der Waals surface area contributed by atoms with E-state index in [-0.39, 0.29) is 5.75 Å². The summed E-state index contributed by atoms with van der Waals surface area (Å²) in [7, 11) is 0. The number of aliphatic hydroxyl groups is 1. The number of quaternary nitrogens is 1. The van der Waals surface area contributed by atoms with E-state index in [1.54, 1.807) is 36.4 Å². The zero-order valence-electron chi connectivity index (χ0n) is 10.8. The molecule has 0 amide bonds. The second-order valence-corrected chi connectivity index (χ2v) is 5.42. The predicted molar refractivity (Wildman–Crippen MR) is 80.0 cm³/mol. The highest BCUT2D eigenvalue weighted by molar-refractivity contribution is 6.35. The highest BCUT2D eigenvalue weighted by atomic mass is 35.5. The molecule has 0 aromatic heterocycles. The molecule has 0 fully saturated rings.